The lowest BCUT2D eigenvalue weighted by Gasteiger charge is -2.24. The third-order valence-corrected chi connectivity index (χ3v) is 1.38. The number of carbonyl (C=O) groups excluding carboxylic acids is 1. The Bertz CT molecular complexity index is 225. The maximum Gasteiger partial charge on any atom is 0.480 e. The first-order valence-corrected chi connectivity index (χ1v) is 4.70. The Labute approximate surface area is 87.4 Å². The van der Waals surface area contributed by atoms with E-state index >= 15 is 0 Å². The summed E-state index contributed by atoms with van der Waals surface area (Å²) in [5.74, 6) is 0. The van der Waals surface area contributed by atoms with Crippen LogP contribution in [0.5, 0.6) is 0 Å². The van der Waals surface area contributed by atoms with Crippen LogP contribution in [0.25, 0.3) is 0 Å². The molecule has 0 aliphatic rings. The highest BCUT2D eigenvalue weighted by Crippen LogP contribution is 2.17. The van der Waals surface area contributed by atoms with Gasteiger partial charge in [0.15, 0.2) is 0 Å². The van der Waals surface area contributed by atoms with Gasteiger partial charge in [0.1, 0.15) is 5.60 Å². The van der Waals surface area contributed by atoms with E-state index in [4.69, 9.17) is 4.74 Å². The topological polar surface area (TPSA) is 38.3 Å². The summed E-state index contributed by atoms with van der Waals surface area (Å²) in [7, 11) is 0. The Morgan fingerprint density at radius 2 is 1.87 bits per heavy atom. The van der Waals surface area contributed by atoms with E-state index in [0.717, 1.165) is 0 Å². The zero-order valence-electron chi connectivity index (χ0n) is 9.31. The van der Waals surface area contributed by atoms with Gasteiger partial charge in [0, 0.05) is 6.04 Å². The average Bonchev–Trinajstić information content (AvgIpc) is 1.73. The Morgan fingerprint density at radius 1 is 1.40 bits per heavy atom. The van der Waals surface area contributed by atoms with Crippen LogP contribution in [0.4, 0.5) is 17.7 Å². The summed E-state index contributed by atoms with van der Waals surface area (Å²) >= 11 is 0. The summed E-state index contributed by atoms with van der Waals surface area (Å²) in [5, 5.41) is 2.13. The Balaban J connectivity index is 3.98. The van der Waals surface area contributed by atoms with Gasteiger partial charge in [-0.3, -0.25) is 0 Å². The van der Waals surface area contributed by atoms with Gasteiger partial charge in [-0.15, -0.1) is 0 Å². The van der Waals surface area contributed by atoms with Crippen LogP contribution in [0.1, 0.15) is 27.7 Å². The third-order valence-electron chi connectivity index (χ3n) is 1.38. The molecule has 1 N–H and O–H groups in total. The summed E-state index contributed by atoms with van der Waals surface area (Å²) in [6.07, 6.45) is -1.82. The molecule has 1 amide bonds. The van der Waals surface area contributed by atoms with Crippen LogP contribution in [0.2, 0.25) is 6.32 Å². The predicted octanol–water partition coefficient (Wildman–Crippen LogP) is 2.75. The van der Waals surface area contributed by atoms with Gasteiger partial charge in [-0.25, -0.2) is 4.79 Å². The molecule has 0 aliphatic carbocycles. The Morgan fingerprint density at radius 3 is 2.20 bits per heavy atom. The fraction of sp³-hybridized carbons (Fsp3) is 0.875. The van der Waals surface area contributed by atoms with Gasteiger partial charge >= 0.3 is 13.1 Å². The van der Waals surface area contributed by atoms with Gasteiger partial charge in [-0.2, -0.15) is 0 Å². The van der Waals surface area contributed by atoms with Crippen molar-refractivity contribution < 1.29 is 22.5 Å². The Kier molecular flexibility index (Phi) is 4.49. The van der Waals surface area contributed by atoms with Crippen molar-refractivity contribution in [3.8, 4) is 0 Å². The molecule has 0 radical (unpaired) electrons. The SMILES string of the molecule is C[C@@H](C[B-](F)(F)F)NC(=O)OC(C)(C)C. The summed E-state index contributed by atoms with van der Waals surface area (Å²) in [6, 6.07) is -0.958. The molecule has 0 aromatic heterocycles. The molecule has 0 aromatic rings. The maximum absolute atomic E-state index is 12.0. The van der Waals surface area contributed by atoms with Crippen molar-refractivity contribution >= 4 is 13.1 Å². The van der Waals surface area contributed by atoms with Gasteiger partial charge in [0.05, 0.1) is 0 Å². The van der Waals surface area contributed by atoms with Crippen molar-refractivity contribution in [2.45, 2.75) is 45.7 Å². The number of hydrogen-bond acceptors (Lipinski definition) is 2. The van der Waals surface area contributed by atoms with Crippen molar-refractivity contribution in [3.63, 3.8) is 0 Å². The van der Waals surface area contributed by atoms with Crippen LogP contribution in [-0.4, -0.2) is 24.7 Å². The molecule has 0 heterocycles. The fourth-order valence-corrected chi connectivity index (χ4v) is 0.969. The third kappa shape index (κ3) is 9.43. The first-order chi connectivity index (χ1) is 6.49. The molecule has 7 heteroatoms. The standard InChI is InChI=1S/C8H16BF3NO2/c1-6(5-9(10,11)12)13-7(14)15-8(2,3)4/h6H,5H2,1-4H3,(H,13,14)/q-1/t6-/m0/s1. The summed E-state index contributed by atoms with van der Waals surface area (Å²) < 4.78 is 40.7. The van der Waals surface area contributed by atoms with Crippen molar-refractivity contribution in [1.82, 2.24) is 5.32 Å². The zero-order chi connectivity index (χ0) is 12.3. The van der Waals surface area contributed by atoms with Gasteiger partial charge in [-0.1, -0.05) is 6.32 Å². The molecule has 0 aliphatic heterocycles. The van der Waals surface area contributed by atoms with Gasteiger partial charge in [-0.05, 0) is 27.7 Å². The van der Waals surface area contributed by atoms with Crippen molar-refractivity contribution in [2.24, 2.45) is 0 Å². The minimum atomic E-state index is -4.88. The number of halogens is 3. The highest BCUT2D eigenvalue weighted by molar-refractivity contribution is 6.58. The second-order valence-corrected chi connectivity index (χ2v) is 4.49. The number of alkyl carbamates (subject to hydrolysis) is 1. The molecule has 0 saturated carbocycles. The molecule has 90 valence electrons. The molecule has 0 aromatic carbocycles. The van der Waals surface area contributed by atoms with E-state index in [1.54, 1.807) is 20.8 Å². The van der Waals surface area contributed by atoms with Crippen LogP contribution in [0.15, 0.2) is 0 Å². The molecule has 0 saturated heterocycles. The number of carbonyl (C=O) groups is 1. The number of hydrogen-bond donors (Lipinski definition) is 1. The maximum atomic E-state index is 12.0. The molecule has 0 unspecified atom stereocenters. The minimum absolute atomic E-state index is 0.701. The quantitative estimate of drug-likeness (QED) is 0.751. The highest BCUT2D eigenvalue weighted by Gasteiger charge is 2.27. The fourth-order valence-electron chi connectivity index (χ4n) is 0.969. The smallest absolute Gasteiger partial charge is 0.449 e. The largest absolute Gasteiger partial charge is 0.480 e. The Hall–Kier alpha value is -0.875. The lowest BCUT2D eigenvalue weighted by atomic mass is 9.82. The molecule has 0 fully saturated rings. The summed E-state index contributed by atoms with van der Waals surface area (Å²) in [6.45, 7) is 1.34. The molecule has 0 spiro atoms. The van der Waals surface area contributed by atoms with Crippen molar-refractivity contribution in [1.29, 1.82) is 0 Å². The average molecular weight is 226 g/mol. The normalized spacial score (nSPS) is 14.6. The molecule has 15 heavy (non-hydrogen) atoms. The number of ether oxygens (including phenoxy) is 1. The summed E-state index contributed by atoms with van der Waals surface area (Å²) in [4.78, 5) is 11.1. The van der Waals surface area contributed by atoms with Crippen LogP contribution in [-0.2, 0) is 4.74 Å². The van der Waals surface area contributed by atoms with E-state index in [-0.39, 0.29) is 0 Å². The van der Waals surface area contributed by atoms with Crippen LogP contribution in [0.3, 0.4) is 0 Å². The van der Waals surface area contributed by atoms with Crippen molar-refractivity contribution in [2.75, 3.05) is 0 Å². The van der Waals surface area contributed by atoms with Crippen molar-refractivity contribution in [3.05, 3.63) is 0 Å². The van der Waals surface area contributed by atoms with E-state index < -0.39 is 31.0 Å². The van der Waals surface area contributed by atoms with Crippen LogP contribution in [0, 0.1) is 0 Å². The minimum Gasteiger partial charge on any atom is -0.449 e. The van der Waals surface area contributed by atoms with E-state index in [1.165, 1.54) is 6.92 Å². The van der Waals surface area contributed by atoms with Gasteiger partial charge < -0.3 is 23.0 Å². The predicted molar refractivity (Wildman–Crippen MR) is 52.7 cm³/mol. The zero-order valence-corrected chi connectivity index (χ0v) is 9.31. The molecule has 3 nitrogen and oxygen atoms in total. The van der Waals surface area contributed by atoms with E-state index in [1.807, 2.05) is 0 Å². The highest BCUT2D eigenvalue weighted by atomic mass is 19.4. The van der Waals surface area contributed by atoms with Gasteiger partial charge in [0.25, 0.3) is 0 Å². The number of amides is 1. The van der Waals surface area contributed by atoms with E-state index in [9.17, 15) is 17.7 Å². The first kappa shape index (κ1) is 14.1. The molecular weight excluding hydrogens is 210 g/mol. The van der Waals surface area contributed by atoms with E-state index in [0.29, 0.717) is 0 Å². The lowest BCUT2D eigenvalue weighted by Crippen LogP contribution is -2.40. The lowest BCUT2D eigenvalue weighted by molar-refractivity contribution is 0.0511. The first-order valence-electron chi connectivity index (χ1n) is 4.70. The van der Waals surface area contributed by atoms with E-state index in [2.05, 4.69) is 5.32 Å². The monoisotopic (exact) mass is 226 g/mol. The molecule has 1 atom stereocenters. The second kappa shape index (κ2) is 4.76. The van der Waals surface area contributed by atoms with Gasteiger partial charge in [0.2, 0.25) is 0 Å². The molecular formula is C8H16BF3NO2-. The second-order valence-electron chi connectivity index (χ2n) is 4.49. The van der Waals surface area contributed by atoms with Crippen LogP contribution < -0.4 is 5.32 Å². The summed E-state index contributed by atoms with van der Waals surface area (Å²) in [5.41, 5.74) is -0.701. The number of rotatable bonds is 3. The van der Waals surface area contributed by atoms with Crippen LogP contribution >= 0.6 is 0 Å². The number of nitrogens with one attached hydrogen (secondary N) is 1. The molecule has 0 bridgehead atoms. The molecule has 0 rings (SSSR count).